The van der Waals surface area contributed by atoms with Crippen LogP contribution in [0.1, 0.15) is 0 Å². The topological polar surface area (TPSA) is 0 Å². The minimum absolute atomic E-state index is 1.21. The first-order valence-corrected chi connectivity index (χ1v) is 19.4. The second kappa shape index (κ2) is 13.2. The molecule has 0 aliphatic heterocycles. The van der Waals surface area contributed by atoms with Crippen molar-refractivity contribution in [3.8, 4) is 55.6 Å². The van der Waals surface area contributed by atoms with Gasteiger partial charge in [0.05, 0.1) is 0 Å². The maximum atomic E-state index is 2.44. The maximum absolute atomic E-state index is 2.44. The Balaban J connectivity index is 1.17. The predicted molar refractivity (Wildman–Crippen MR) is 241 cm³/mol. The molecular formula is C56H36. The van der Waals surface area contributed by atoms with Crippen molar-refractivity contribution in [2.24, 2.45) is 0 Å². The molecule has 0 bridgehead atoms. The summed E-state index contributed by atoms with van der Waals surface area (Å²) in [5, 5.41) is 12.6. The van der Waals surface area contributed by atoms with Gasteiger partial charge in [0.2, 0.25) is 0 Å². The molecule has 0 spiro atoms. The van der Waals surface area contributed by atoms with Crippen LogP contribution in [0.25, 0.3) is 109 Å². The number of rotatable bonds is 5. The molecule has 0 heteroatoms. The lowest BCUT2D eigenvalue weighted by Crippen LogP contribution is -1.93. The van der Waals surface area contributed by atoms with Crippen molar-refractivity contribution in [3.05, 3.63) is 218 Å². The number of hydrogen-bond donors (Lipinski definition) is 0. The van der Waals surface area contributed by atoms with Gasteiger partial charge in [-0.3, -0.25) is 0 Å². The van der Waals surface area contributed by atoms with Crippen molar-refractivity contribution >= 4 is 53.9 Å². The molecule has 0 aliphatic rings. The summed E-state index contributed by atoms with van der Waals surface area (Å²) >= 11 is 0. The van der Waals surface area contributed by atoms with Crippen molar-refractivity contribution in [1.29, 1.82) is 0 Å². The first-order chi connectivity index (χ1) is 27.8. The molecule has 0 unspecified atom stereocenters. The summed E-state index contributed by atoms with van der Waals surface area (Å²) in [5.41, 5.74) is 12.4. The number of benzene rings is 11. The number of hydrogen-bond acceptors (Lipinski definition) is 0. The van der Waals surface area contributed by atoms with Gasteiger partial charge in [0, 0.05) is 0 Å². The summed E-state index contributed by atoms with van der Waals surface area (Å²) in [4.78, 5) is 0. The van der Waals surface area contributed by atoms with E-state index in [2.05, 4.69) is 218 Å². The summed E-state index contributed by atoms with van der Waals surface area (Å²) in [5.74, 6) is 0. The van der Waals surface area contributed by atoms with Gasteiger partial charge in [-0.15, -0.1) is 0 Å². The van der Waals surface area contributed by atoms with Gasteiger partial charge in [-0.05, 0) is 122 Å². The third-order valence-electron chi connectivity index (χ3n) is 11.7. The van der Waals surface area contributed by atoms with Gasteiger partial charge in [0.15, 0.2) is 0 Å². The van der Waals surface area contributed by atoms with Gasteiger partial charge >= 0.3 is 0 Å². The third kappa shape index (κ3) is 5.30. The Labute approximate surface area is 326 Å². The zero-order chi connectivity index (χ0) is 37.0. The van der Waals surface area contributed by atoms with E-state index in [4.69, 9.17) is 0 Å². The average Bonchev–Trinajstić information content (AvgIpc) is 3.27. The summed E-state index contributed by atoms with van der Waals surface area (Å²) in [7, 11) is 0. The average molecular weight is 709 g/mol. The van der Waals surface area contributed by atoms with Crippen LogP contribution in [-0.4, -0.2) is 0 Å². The number of fused-ring (bicyclic) bond motifs is 5. The van der Waals surface area contributed by atoms with E-state index in [1.165, 1.54) is 109 Å². The van der Waals surface area contributed by atoms with Gasteiger partial charge < -0.3 is 0 Å². The van der Waals surface area contributed by atoms with E-state index in [9.17, 15) is 0 Å². The van der Waals surface area contributed by atoms with Gasteiger partial charge in [-0.25, -0.2) is 0 Å². The molecule has 0 saturated heterocycles. The van der Waals surface area contributed by atoms with E-state index in [1.807, 2.05) is 0 Å². The third-order valence-corrected chi connectivity index (χ3v) is 11.7. The van der Waals surface area contributed by atoms with Gasteiger partial charge in [0.25, 0.3) is 0 Å². The van der Waals surface area contributed by atoms with Crippen molar-refractivity contribution in [1.82, 2.24) is 0 Å². The Morgan fingerprint density at radius 1 is 0.179 bits per heavy atom. The molecular weight excluding hydrogens is 673 g/mol. The standard InChI is InChI=1S/C56H36/c1-4-21-45-37(13-1)16-10-26-48(45)40-29-31-41(32-30-40)55-51-24-7-8-25-52(51)56(44-20-9-19-42(35-44)49-27-11-17-38-14-2-5-22-46(38)49)54-36-43(33-34-53(54)55)50-28-12-18-39-15-3-6-23-47(39)50/h1-36H. The second-order valence-electron chi connectivity index (χ2n) is 14.8. The van der Waals surface area contributed by atoms with E-state index in [0.29, 0.717) is 0 Å². The highest BCUT2D eigenvalue weighted by molar-refractivity contribution is 6.22. The molecule has 0 aliphatic carbocycles. The quantitative estimate of drug-likeness (QED) is 0.156. The Morgan fingerprint density at radius 2 is 0.536 bits per heavy atom. The van der Waals surface area contributed by atoms with Crippen LogP contribution < -0.4 is 0 Å². The fourth-order valence-corrected chi connectivity index (χ4v) is 9.06. The molecule has 0 nitrogen and oxygen atoms in total. The van der Waals surface area contributed by atoms with E-state index >= 15 is 0 Å². The predicted octanol–water partition coefficient (Wildman–Crippen LogP) is 15.8. The summed E-state index contributed by atoms with van der Waals surface area (Å²) < 4.78 is 0. The minimum atomic E-state index is 1.21. The van der Waals surface area contributed by atoms with Gasteiger partial charge in [-0.1, -0.05) is 206 Å². The lowest BCUT2D eigenvalue weighted by Gasteiger charge is -2.20. The zero-order valence-electron chi connectivity index (χ0n) is 30.8. The molecule has 0 N–H and O–H groups in total. The SMILES string of the molecule is c1cc(-c2cccc3ccccc23)cc(-c2c3ccccc3c(-c3ccc(-c4cccc5ccccc45)cc3)c3ccc(-c4cccc5ccccc45)cc23)c1. The van der Waals surface area contributed by atoms with Crippen LogP contribution in [-0.2, 0) is 0 Å². The first kappa shape index (κ1) is 32.2. The fourth-order valence-electron chi connectivity index (χ4n) is 9.06. The zero-order valence-corrected chi connectivity index (χ0v) is 30.8. The lowest BCUT2D eigenvalue weighted by molar-refractivity contribution is 1.62. The second-order valence-corrected chi connectivity index (χ2v) is 14.8. The van der Waals surface area contributed by atoms with Crippen LogP contribution in [0.3, 0.4) is 0 Å². The van der Waals surface area contributed by atoms with Gasteiger partial charge in [-0.2, -0.15) is 0 Å². The fraction of sp³-hybridized carbons (Fsp3) is 0. The van der Waals surface area contributed by atoms with Crippen molar-refractivity contribution in [2.75, 3.05) is 0 Å². The molecule has 11 rings (SSSR count). The monoisotopic (exact) mass is 708 g/mol. The Morgan fingerprint density at radius 3 is 1.09 bits per heavy atom. The van der Waals surface area contributed by atoms with Crippen LogP contribution >= 0.6 is 0 Å². The van der Waals surface area contributed by atoms with E-state index in [-0.39, 0.29) is 0 Å². The van der Waals surface area contributed by atoms with E-state index < -0.39 is 0 Å². The molecule has 0 heterocycles. The molecule has 0 fully saturated rings. The molecule has 0 saturated carbocycles. The van der Waals surface area contributed by atoms with Crippen molar-refractivity contribution in [2.45, 2.75) is 0 Å². The normalized spacial score (nSPS) is 11.6. The summed E-state index contributed by atoms with van der Waals surface area (Å²) in [6, 6.07) is 80.4. The van der Waals surface area contributed by atoms with Gasteiger partial charge in [0.1, 0.15) is 0 Å². The molecule has 260 valence electrons. The van der Waals surface area contributed by atoms with Crippen LogP contribution in [0.4, 0.5) is 0 Å². The smallest absolute Gasteiger partial charge is 0.00259 e. The largest absolute Gasteiger partial charge is 0.0616 e. The lowest BCUT2D eigenvalue weighted by atomic mass is 9.83. The Hall–Kier alpha value is -7.28. The highest BCUT2D eigenvalue weighted by Crippen LogP contribution is 2.46. The summed E-state index contributed by atoms with van der Waals surface area (Å²) in [6.07, 6.45) is 0. The molecule has 0 aromatic heterocycles. The molecule has 0 amide bonds. The Bertz CT molecular complexity index is 3280. The van der Waals surface area contributed by atoms with Crippen LogP contribution in [0.5, 0.6) is 0 Å². The molecule has 0 atom stereocenters. The maximum Gasteiger partial charge on any atom is -0.00259 e. The first-order valence-electron chi connectivity index (χ1n) is 19.4. The molecule has 0 radical (unpaired) electrons. The molecule has 11 aromatic rings. The van der Waals surface area contributed by atoms with Crippen molar-refractivity contribution in [3.63, 3.8) is 0 Å². The molecule has 11 aromatic carbocycles. The van der Waals surface area contributed by atoms with Crippen LogP contribution in [0.2, 0.25) is 0 Å². The highest BCUT2D eigenvalue weighted by Gasteiger charge is 2.19. The summed E-state index contributed by atoms with van der Waals surface area (Å²) in [6.45, 7) is 0. The van der Waals surface area contributed by atoms with Crippen molar-refractivity contribution < 1.29 is 0 Å². The molecule has 56 heavy (non-hydrogen) atoms. The van der Waals surface area contributed by atoms with E-state index in [1.54, 1.807) is 0 Å². The highest BCUT2D eigenvalue weighted by atomic mass is 14.2. The van der Waals surface area contributed by atoms with Crippen LogP contribution in [0.15, 0.2) is 218 Å². The Kier molecular flexibility index (Phi) is 7.60. The van der Waals surface area contributed by atoms with Crippen LogP contribution in [0, 0.1) is 0 Å². The minimum Gasteiger partial charge on any atom is -0.0616 e. The van der Waals surface area contributed by atoms with E-state index in [0.717, 1.165) is 0 Å².